The third-order valence-corrected chi connectivity index (χ3v) is 6.11. The minimum absolute atomic E-state index is 0.0214. The highest BCUT2D eigenvalue weighted by atomic mass is 32.1. The summed E-state index contributed by atoms with van der Waals surface area (Å²) >= 11 is 1.71. The van der Waals surface area contributed by atoms with E-state index in [4.69, 9.17) is 4.74 Å². The molecule has 0 saturated carbocycles. The monoisotopic (exact) mass is 415 g/mol. The summed E-state index contributed by atoms with van der Waals surface area (Å²) in [7, 11) is 2.15. The first kappa shape index (κ1) is 21.7. The van der Waals surface area contributed by atoms with Crippen molar-refractivity contribution in [3.05, 3.63) is 52.2 Å². The van der Waals surface area contributed by atoms with Crippen molar-refractivity contribution >= 4 is 17.4 Å². The average molecular weight is 416 g/mol. The van der Waals surface area contributed by atoms with E-state index < -0.39 is 0 Å². The smallest absolute Gasteiger partial charge is 0.318 e. The summed E-state index contributed by atoms with van der Waals surface area (Å²) in [5.41, 5.74) is 1.08. The number of rotatable bonds is 8. The standard InChI is InChI=1S/C23H33N3O2S/c1-18(2)17-28-21-8-6-19(7-9-21)15-24-23(27)26(16-22-5-4-14-29-22)20-10-12-25(3)13-11-20/h4-9,14,18,20H,10-13,15-17H2,1-3H3,(H,24,27). The lowest BCUT2D eigenvalue weighted by atomic mass is 10.0. The van der Waals surface area contributed by atoms with E-state index >= 15 is 0 Å². The molecule has 6 heteroatoms. The number of nitrogens with one attached hydrogen (secondary N) is 1. The molecule has 1 aliphatic heterocycles. The minimum atomic E-state index is 0.0214. The molecule has 2 aromatic rings. The topological polar surface area (TPSA) is 44.8 Å². The summed E-state index contributed by atoms with van der Waals surface area (Å²) in [6, 6.07) is 12.5. The van der Waals surface area contributed by atoms with Crippen molar-refractivity contribution in [3.63, 3.8) is 0 Å². The number of nitrogens with zero attached hydrogens (tertiary/aromatic N) is 2. The van der Waals surface area contributed by atoms with Crippen LogP contribution < -0.4 is 10.1 Å². The van der Waals surface area contributed by atoms with Gasteiger partial charge in [0.05, 0.1) is 13.2 Å². The molecular weight excluding hydrogens is 382 g/mol. The summed E-state index contributed by atoms with van der Waals surface area (Å²) < 4.78 is 5.73. The summed E-state index contributed by atoms with van der Waals surface area (Å²) in [4.78, 5) is 18.6. The van der Waals surface area contributed by atoms with E-state index in [1.165, 1.54) is 4.88 Å². The van der Waals surface area contributed by atoms with Crippen LogP contribution in [0.25, 0.3) is 0 Å². The van der Waals surface area contributed by atoms with Crippen LogP contribution >= 0.6 is 11.3 Å². The molecule has 1 fully saturated rings. The summed E-state index contributed by atoms with van der Waals surface area (Å²) in [5, 5.41) is 5.20. The first-order valence-corrected chi connectivity index (χ1v) is 11.4. The van der Waals surface area contributed by atoms with Gasteiger partial charge in [-0.15, -0.1) is 11.3 Å². The molecule has 1 saturated heterocycles. The summed E-state index contributed by atoms with van der Waals surface area (Å²) in [5.74, 6) is 1.38. The van der Waals surface area contributed by atoms with E-state index in [-0.39, 0.29) is 6.03 Å². The molecular formula is C23H33N3O2S. The van der Waals surface area contributed by atoms with Gasteiger partial charge in [-0.05, 0) is 68.0 Å². The highest BCUT2D eigenvalue weighted by Gasteiger charge is 2.27. The minimum Gasteiger partial charge on any atom is -0.493 e. The summed E-state index contributed by atoms with van der Waals surface area (Å²) in [6.45, 7) is 8.26. The highest BCUT2D eigenvalue weighted by molar-refractivity contribution is 7.09. The molecule has 0 atom stereocenters. The van der Waals surface area contributed by atoms with Crippen molar-refractivity contribution < 1.29 is 9.53 Å². The lowest BCUT2D eigenvalue weighted by Crippen LogP contribution is -2.49. The number of ether oxygens (including phenoxy) is 1. The van der Waals surface area contributed by atoms with Crippen LogP contribution in [0.1, 0.15) is 37.1 Å². The fourth-order valence-corrected chi connectivity index (χ4v) is 4.19. The van der Waals surface area contributed by atoms with Crippen molar-refractivity contribution in [1.29, 1.82) is 0 Å². The van der Waals surface area contributed by atoms with Gasteiger partial charge in [-0.1, -0.05) is 32.0 Å². The second-order valence-corrected chi connectivity index (χ2v) is 9.28. The first-order chi connectivity index (χ1) is 14.0. The SMILES string of the molecule is CC(C)COc1ccc(CNC(=O)N(Cc2cccs2)C2CCN(C)CC2)cc1. The number of carbonyl (C=O) groups excluding carboxylic acids is 1. The molecule has 0 spiro atoms. The van der Waals surface area contributed by atoms with E-state index in [0.29, 0.717) is 31.7 Å². The molecule has 29 heavy (non-hydrogen) atoms. The molecule has 158 valence electrons. The Morgan fingerprint density at radius 2 is 1.97 bits per heavy atom. The maximum atomic E-state index is 13.0. The van der Waals surface area contributed by atoms with Crippen LogP contribution in [0.15, 0.2) is 41.8 Å². The molecule has 5 nitrogen and oxygen atoms in total. The highest BCUT2D eigenvalue weighted by Crippen LogP contribution is 2.21. The fraction of sp³-hybridized carbons (Fsp3) is 0.522. The molecule has 0 aliphatic carbocycles. The van der Waals surface area contributed by atoms with Gasteiger partial charge in [-0.3, -0.25) is 0 Å². The normalized spacial score (nSPS) is 15.4. The zero-order valence-corrected chi connectivity index (χ0v) is 18.6. The maximum Gasteiger partial charge on any atom is 0.318 e. The Hall–Kier alpha value is -2.05. The van der Waals surface area contributed by atoms with Crippen LogP contribution in [0.5, 0.6) is 5.75 Å². The Bertz CT molecular complexity index is 738. The predicted octanol–water partition coefficient (Wildman–Crippen LogP) is 4.59. The van der Waals surface area contributed by atoms with E-state index in [0.717, 1.165) is 37.2 Å². The van der Waals surface area contributed by atoms with Crippen LogP contribution in [0.4, 0.5) is 4.79 Å². The Labute approximate surface area is 178 Å². The van der Waals surface area contributed by atoms with Gasteiger partial charge in [-0.2, -0.15) is 0 Å². The lowest BCUT2D eigenvalue weighted by molar-refractivity contribution is 0.127. The number of amides is 2. The van der Waals surface area contributed by atoms with E-state index in [1.54, 1.807) is 11.3 Å². The van der Waals surface area contributed by atoms with E-state index in [1.807, 2.05) is 35.2 Å². The van der Waals surface area contributed by atoms with Gasteiger partial charge >= 0.3 is 6.03 Å². The molecule has 1 aromatic heterocycles. The number of carbonyl (C=O) groups is 1. The van der Waals surface area contributed by atoms with Gasteiger partial charge in [-0.25, -0.2) is 4.79 Å². The van der Waals surface area contributed by atoms with Gasteiger partial charge in [0.1, 0.15) is 5.75 Å². The van der Waals surface area contributed by atoms with Crippen molar-refractivity contribution in [1.82, 2.24) is 15.1 Å². The Morgan fingerprint density at radius 3 is 2.59 bits per heavy atom. The van der Waals surface area contributed by atoms with Crippen molar-refractivity contribution in [2.24, 2.45) is 5.92 Å². The Balaban J connectivity index is 1.57. The van der Waals surface area contributed by atoms with Crippen LogP contribution in [0, 0.1) is 5.92 Å². The molecule has 1 aliphatic rings. The van der Waals surface area contributed by atoms with Crippen molar-refractivity contribution in [2.45, 2.75) is 45.8 Å². The number of hydrogen-bond acceptors (Lipinski definition) is 4. The van der Waals surface area contributed by atoms with Crippen LogP contribution in [-0.4, -0.2) is 48.6 Å². The first-order valence-electron chi connectivity index (χ1n) is 10.5. The molecule has 0 bridgehead atoms. The van der Waals surface area contributed by atoms with E-state index in [9.17, 15) is 4.79 Å². The largest absolute Gasteiger partial charge is 0.493 e. The molecule has 0 unspecified atom stereocenters. The number of thiophene rings is 1. The maximum absolute atomic E-state index is 13.0. The zero-order valence-electron chi connectivity index (χ0n) is 17.8. The number of benzene rings is 1. The van der Waals surface area contributed by atoms with E-state index in [2.05, 4.69) is 42.6 Å². The molecule has 2 amide bonds. The Morgan fingerprint density at radius 1 is 1.24 bits per heavy atom. The third kappa shape index (κ3) is 6.75. The molecule has 2 heterocycles. The van der Waals surface area contributed by atoms with Crippen LogP contribution in [-0.2, 0) is 13.1 Å². The fourth-order valence-electron chi connectivity index (χ4n) is 3.49. The van der Waals surface area contributed by atoms with Gasteiger partial charge < -0.3 is 19.9 Å². The number of piperidine rings is 1. The van der Waals surface area contributed by atoms with Gasteiger partial charge in [0.15, 0.2) is 0 Å². The third-order valence-electron chi connectivity index (χ3n) is 5.25. The lowest BCUT2D eigenvalue weighted by Gasteiger charge is -2.37. The van der Waals surface area contributed by atoms with Gasteiger partial charge in [0, 0.05) is 17.5 Å². The molecule has 3 rings (SSSR count). The summed E-state index contributed by atoms with van der Waals surface area (Å²) in [6.07, 6.45) is 2.05. The van der Waals surface area contributed by atoms with Crippen LogP contribution in [0.2, 0.25) is 0 Å². The number of urea groups is 1. The predicted molar refractivity (Wildman–Crippen MR) is 119 cm³/mol. The second kappa shape index (κ2) is 10.6. The van der Waals surface area contributed by atoms with Crippen molar-refractivity contribution in [2.75, 3.05) is 26.7 Å². The zero-order chi connectivity index (χ0) is 20.6. The van der Waals surface area contributed by atoms with Gasteiger partial charge in [0.2, 0.25) is 0 Å². The quantitative estimate of drug-likeness (QED) is 0.686. The Kier molecular flexibility index (Phi) is 7.95. The second-order valence-electron chi connectivity index (χ2n) is 8.25. The van der Waals surface area contributed by atoms with Gasteiger partial charge in [0.25, 0.3) is 0 Å². The molecule has 1 aromatic carbocycles. The number of hydrogen-bond donors (Lipinski definition) is 1. The van der Waals surface area contributed by atoms with Crippen LogP contribution in [0.3, 0.4) is 0 Å². The average Bonchev–Trinajstić information content (AvgIpc) is 3.23. The van der Waals surface area contributed by atoms with Crippen molar-refractivity contribution in [3.8, 4) is 5.75 Å². The number of likely N-dealkylation sites (tertiary alicyclic amines) is 1. The molecule has 0 radical (unpaired) electrons. The molecule has 1 N–H and O–H groups in total.